The maximum atomic E-state index is 13.8. The minimum absolute atomic E-state index is 0.174. The van der Waals surface area contributed by atoms with E-state index >= 15 is 0 Å². The molecule has 0 bridgehead atoms. The number of nitrogens with one attached hydrogen (secondary N) is 1. The molecule has 0 saturated heterocycles. The van der Waals surface area contributed by atoms with Crippen LogP contribution >= 0.6 is 0 Å². The third kappa shape index (κ3) is 3.30. The summed E-state index contributed by atoms with van der Waals surface area (Å²) in [6.07, 6.45) is -0.174. The second-order valence-electron chi connectivity index (χ2n) is 7.26. The fourth-order valence-electron chi connectivity index (χ4n) is 3.75. The first-order chi connectivity index (χ1) is 13.5. The van der Waals surface area contributed by atoms with Gasteiger partial charge in [-0.25, -0.2) is 4.39 Å². The van der Waals surface area contributed by atoms with Crippen LogP contribution in [0.2, 0.25) is 0 Å². The average Bonchev–Trinajstić information content (AvgIpc) is 3.15. The first kappa shape index (κ1) is 18.7. The Hall–Kier alpha value is -2.70. The van der Waals surface area contributed by atoms with Crippen molar-refractivity contribution in [3.63, 3.8) is 0 Å². The molecule has 2 heterocycles. The van der Waals surface area contributed by atoms with Gasteiger partial charge in [0.2, 0.25) is 0 Å². The van der Waals surface area contributed by atoms with Crippen LogP contribution in [-0.2, 0) is 20.8 Å². The van der Waals surface area contributed by atoms with Gasteiger partial charge in [0, 0.05) is 42.6 Å². The van der Waals surface area contributed by atoms with Gasteiger partial charge in [0.15, 0.2) is 0 Å². The fraction of sp³-hybridized carbons (Fsp3) is 0.318. The van der Waals surface area contributed by atoms with Crippen molar-refractivity contribution in [2.24, 2.45) is 0 Å². The van der Waals surface area contributed by atoms with Crippen molar-refractivity contribution < 1.29 is 18.7 Å². The molecule has 1 amide bonds. The number of likely N-dealkylation sites (N-methyl/N-ethyl adjacent to an activating group) is 1. The molecule has 6 heteroatoms. The lowest BCUT2D eigenvalue weighted by Gasteiger charge is -2.16. The highest BCUT2D eigenvalue weighted by molar-refractivity contribution is 6.36. The molecular formula is C22H23FN2O3. The maximum Gasteiger partial charge on any atom is 0.260 e. The summed E-state index contributed by atoms with van der Waals surface area (Å²) >= 11 is 0. The molecule has 28 heavy (non-hydrogen) atoms. The number of rotatable bonds is 5. The molecule has 1 N–H and O–H groups in total. The summed E-state index contributed by atoms with van der Waals surface area (Å²) in [5, 5.41) is 2.79. The van der Waals surface area contributed by atoms with Gasteiger partial charge in [-0.05, 0) is 37.7 Å². The summed E-state index contributed by atoms with van der Waals surface area (Å²) in [7, 11) is 3.74. The van der Waals surface area contributed by atoms with Crippen LogP contribution in [0.4, 0.5) is 10.1 Å². The average molecular weight is 382 g/mol. The lowest BCUT2D eigenvalue weighted by Crippen LogP contribution is -2.22. The van der Waals surface area contributed by atoms with Crippen LogP contribution in [0.5, 0.6) is 0 Å². The number of fused-ring (bicyclic) bond motifs is 2. The Kier molecular flexibility index (Phi) is 4.91. The second kappa shape index (κ2) is 7.37. The molecule has 2 aromatic carbocycles. The highest BCUT2D eigenvalue weighted by atomic mass is 19.1. The van der Waals surface area contributed by atoms with Crippen molar-refractivity contribution in [1.82, 2.24) is 4.90 Å². The first-order valence-electron chi connectivity index (χ1n) is 9.31. The van der Waals surface area contributed by atoms with E-state index in [0.717, 1.165) is 24.2 Å². The zero-order chi connectivity index (χ0) is 19.8. The Labute approximate surface area is 163 Å². The van der Waals surface area contributed by atoms with Gasteiger partial charge in [-0.1, -0.05) is 18.2 Å². The number of hydrogen-bond donors (Lipinski definition) is 1. The summed E-state index contributed by atoms with van der Waals surface area (Å²) in [4.78, 5) is 14.8. The number of halogens is 1. The van der Waals surface area contributed by atoms with Crippen molar-refractivity contribution in [2.45, 2.75) is 19.6 Å². The van der Waals surface area contributed by atoms with Crippen LogP contribution < -0.4 is 5.32 Å². The summed E-state index contributed by atoms with van der Waals surface area (Å²) in [5.41, 5.74) is 4.64. The molecule has 0 radical (unpaired) electrons. The number of amides is 1. The van der Waals surface area contributed by atoms with E-state index in [1.54, 1.807) is 13.2 Å². The van der Waals surface area contributed by atoms with Gasteiger partial charge in [-0.3, -0.25) is 9.69 Å². The lowest BCUT2D eigenvalue weighted by molar-refractivity contribution is -0.110. The molecular weight excluding hydrogens is 359 g/mol. The fourth-order valence-corrected chi connectivity index (χ4v) is 3.75. The summed E-state index contributed by atoms with van der Waals surface area (Å²) in [5.74, 6) is -0.128. The van der Waals surface area contributed by atoms with Crippen LogP contribution in [0, 0.1) is 5.82 Å². The molecule has 2 aromatic rings. The minimum Gasteiger partial charge on any atom is -0.484 e. The zero-order valence-electron chi connectivity index (χ0n) is 16.2. The number of carbonyl (C=O) groups is 1. The van der Waals surface area contributed by atoms with E-state index in [0.29, 0.717) is 29.2 Å². The number of nitrogens with zero attached hydrogens (tertiary/aromatic N) is 1. The van der Waals surface area contributed by atoms with Crippen LogP contribution in [-0.4, -0.2) is 38.1 Å². The standard InChI is InChI=1S/C22H23FN2O3/c1-13-17-10-14(12-25(2)8-9-27-3)4-6-16(17)21(28-13)20-18-11-15(23)5-7-19(18)24-22(20)26/h4-7,10-11,13H,8-9,12H2,1-3H3,(H,24,26)/b21-20+. The SMILES string of the molecule is COCCN(C)Cc1ccc2c(c1)C(C)O/C2=C1/C(=O)Nc2ccc(F)cc21. The van der Waals surface area contributed by atoms with E-state index < -0.39 is 0 Å². The summed E-state index contributed by atoms with van der Waals surface area (Å²) in [6.45, 7) is 4.29. The lowest BCUT2D eigenvalue weighted by atomic mass is 9.97. The van der Waals surface area contributed by atoms with Gasteiger partial charge >= 0.3 is 0 Å². The number of benzene rings is 2. The minimum atomic E-state index is -0.380. The van der Waals surface area contributed by atoms with E-state index in [-0.39, 0.29) is 17.8 Å². The first-order valence-corrected chi connectivity index (χ1v) is 9.31. The Balaban J connectivity index is 1.71. The predicted molar refractivity (Wildman–Crippen MR) is 106 cm³/mol. The van der Waals surface area contributed by atoms with Crippen LogP contribution in [0.1, 0.15) is 35.3 Å². The topological polar surface area (TPSA) is 50.8 Å². The summed E-state index contributed by atoms with van der Waals surface area (Å²) < 4.78 is 25.0. The molecule has 1 unspecified atom stereocenters. The van der Waals surface area contributed by atoms with E-state index in [1.807, 2.05) is 26.1 Å². The van der Waals surface area contributed by atoms with Gasteiger partial charge < -0.3 is 14.8 Å². The van der Waals surface area contributed by atoms with Crippen molar-refractivity contribution in [2.75, 3.05) is 32.6 Å². The van der Waals surface area contributed by atoms with Crippen LogP contribution in [0.3, 0.4) is 0 Å². The molecule has 5 nitrogen and oxygen atoms in total. The smallest absolute Gasteiger partial charge is 0.260 e. The van der Waals surface area contributed by atoms with Gasteiger partial charge in [-0.15, -0.1) is 0 Å². The van der Waals surface area contributed by atoms with E-state index in [2.05, 4.69) is 16.3 Å². The van der Waals surface area contributed by atoms with Gasteiger partial charge in [-0.2, -0.15) is 0 Å². The highest BCUT2D eigenvalue weighted by Crippen LogP contribution is 2.45. The molecule has 0 aliphatic carbocycles. The molecule has 4 rings (SSSR count). The third-order valence-corrected chi connectivity index (χ3v) is 5.18. The Morgan fingerprint density at radius 1 is 1.21 bits per heavy atom. The number of anilines is 1. The third-order valence-electron chi connectivity index (χ3n) is 5.18. The Bertz CT molecular complexity index is 970. The quantitative estimate of drug-likeness (QED) is 0.799. The number of hydrogen-bond acceptors (Lipinski definition) is 4. The Morgan fingerprint density at radius 2 is 2.04 bits per heavy atom. The number of methoxy groups -OCH3 is 1. The molecule has 0 spiro atoms. The van der Waals surface area contributed by atoms with Gasteiger partial charge in [0.05, 0.1) is 12.2 Å². The molecule has 1 atom stereocenters. The summed E-state index contributed by atoms with van der Waals surface area (Å²) in [6, 6.07) is 10.4. The van der Waals surface area contributed by atoms with Crippen molar-refractivity contribution in [3.05, 3.63) is 64.5 Å². The molecule has 2 aliphatic rings. The van der Waals surface area contributed by atoms with E-state index in [4.69, 9.17) is 9.47 Å². The van der Waals surface area contributed by atoms with Crippen molar-refractivity contribution in [3.8, 4) is 0 Å². The predicted octanol–water partition coefficient (Wildman–Crippen LogP) is 3.82. The van der Waals surface area contributed by atoms with Gasteiger partial charge in [0.25, 0.3) is 5.91 Å². The molecule has 0 saturated carbocycles. The molecule has 0 fully saturated rings. The second-order valence-corrected chi connectivity index (χ2v) is 7.26. The van der Waals surface area contributed by atoms with Crippen molar-refractivity contribution >= 4 is 22.9 Å². The monoisotopic (exact) mass is 382 g/mol. The molecule has 0 aromatic heterocycles. The van der Waals surface area contributed by atoms with Crippen LogP contribution in [0.15, 0.2) is 36.4 Å². The number of ether oxygens (including phenoxy) is 2. The zero-order valence-corrected chi connectivity index (χ0v) is 16.2. The van der Waals surface area contributed by atoms with Crippen molar-refractivity contribution in [1.29, 1.82) is 0 Å². The molecule has 2 aliphatic heterocycles. The maximum absolute atomic E-state index is 13.8. The van der Waals surface area contributed by atoms with Gasteiger partial charge in [0.1, 0.15) is 17.7 Å². The van der Waals surface area contributed by atoms with E-state index in [1.165, 1.54) is 17.7 Å². The van der Waals surface area contributed by atoms with Crippen LogP contribution in [0.25, 0.3) is 11.3 Å². The normalized spacial score (nSPS) is 20.2. The van der Waals surface area contributed by atoms with E-state index in [9.17, 15) is 9.18 Å². The number of carbonyl (C=O) groups excluding carboxylic acids is 1. The largest absolute Gasteiger partial charge is 0.484 e. The highest BCUT2D eigenvalue weighted by Gasteiger charge is 2.35. The molecule has 146 valence electrons. The Morgan fingerprint density at radius 3 is 2.82 bits per heavy atom.